The van der Waals surface area contributed by atoms with Crippen LogP contribution in [-0.4, -0.2) is 23.5 Å². The molecule has 5 heteroatoms. The molecule has 0 saturated carbocycles. The van der Waals surface area contributed by atoms with Crippen LogP contribution in [0.2, 0.25) is 0 Å². The maximum Gasteiger partial charge on any atom is 0.194 e. The van der Waals surface area contributed by atoms with Gasteiger partial charge in [-0.2, -0.15) is 0 Å². The highest BCUT2D eigenvalue weighted by Gasteiger charge is 2.10. The third-order valence-electron chi connectivity index (χ3n) is 3.56. The molecule has 0 atom stereocenters. The second-order valence-corrected chi connectivity index (χ2v) is 6.65. The molecule has 0 spiro atoms. The Bertz CT molecular complexity index is 770. The van der Waals surface area contributed by atoms with Crippen molar-refractivity contribution < 1.29 is 0 Å². The van der Waals surface area contributed by atoms with Crippen LogP contribution in [0.3, 0.4) is 0 Å². The number of nitrogens with one attached hydrogen (secondary N) is 1. The van der Waals surface area contributed by atoms with E-state index in [4.69, 9.17) is 0 Å². The number of aryl methyl sites for hydroxylation is 2. The first-order valence-corrected chi connectivity index (χ1v) is 7.81. The minimum absolute atomic E-state index is 0.778. The summed E-state index contributed by atoms with van der Waals surface area (Å²) >= 11 is 1.73. The molecule has 0 fully saturated rings. The van der Waals surface area contributed by atoms with Gasteiger partial charge in [0.15, 0.2) is 4.96 Å². The molecule has 110 valence electrons. The zero-order valence-corrected chi connectivity index (χ0v) is 13.7. The van der Waals surface area contributed by atoms with Crippen LogP contribution in [0, 0.1) is 13.8 Å². The molecule has 0 aliphatic rings. The van der Waals surface area contributed by atoms with Crippen molar-refractivity contribution in [3.8, 4) is 0 Å². The largest absolute Gasteiger partial charge is 0.379 e. The highest BCUT2D eigenvalue weighted by atomic mass is 32.1. The average molecular weight is 300 g/mol. The van der Waals surface area contributed by atoms with Crippen LogP contribution in [-0.2, 0) is 6.54 Å². The first-order valence-electron chi connectivity index (χ1n) is 7.00. The number of benzene rings is 1. The molecule has 2 aromatic heterocycles. The summed E-state index contributed by atoms with van der Waals surface area (Å²) in [6, 6.07) is 8.44. The van der Waals surface area contributed by atoms with Crippen molar-refractivity contribution in [1.29, 1.82) is 0 Å². The van der Waals surface area contributed by atoms with Gasteiger partial charge < -0.3 is 10.2 Å². The lowest BCUT2D eigenvalue weighted by Gasteiger charge is -2.14. The molecule has 21 heavy (non-hydrogen) atoms. The maximum atomic E-state index is 4.63. The molecule has 2 heterocycles. The van der Waals surface area contributed by atoms with Crippen molar-refractivity contribution in [2.24, 2.45) is 0 Å². The van der Waals surface area contributed by atoms with Gasteiger partial charge in [-0.05, 0) is 32.0 Å². The lowest BCUT2D eigenvalue weighted by atomic mass is 10.2. The third kappa shape index (κ3) is 2.74. The summed E-state index contributed by atoms with van der Waals surface area (Å²) in [5, 5.41) is 3.50. The van der Waals surface area contributed by atoms with Crippen LogP contribution < -0.4 is 10.2 Å². The Hall–Kier alpha value is -2.01. The molecule has 4 nitrogen and oxygen atoms in total. The number of aromatic nitrogens is 2. The van der Waals surface area contributed by atoms with E-state index in [0.717, 1.165) is 22.9 Å². The van der Waals surface area contributed by atoms with E-state index in [0.29, 0.717) is 0 Å². The number of nitrogens with zero attached hydrogens (tertiary/aromatic N) is 3. The smallest absolute Gasteiger partial charge is 0.194 e. The van der Waals surface area contributed by atoms with Gasteiger partial charge in [0.25, 0.3) is 0 Å². The molecular formula is C16H20N4S. The van der Waals surface area contributed by atoms with E-state index in [1.807, 2.05) is 0 Å². The maximum absolute atomic E-state index is 4.63. The number of anilines is 2. The molecule has 0 aliphatic heterocycles. The van der Waals surface area contributed by atoms with Crippen molar-refractivity contribution in [3.63, 3.8) is 0 Å². The molecule has 0 aliphatic carbocycles. The van der Waals surface area contributed by atoms with E-state index >= 15 is 0 Å². The van der Waals surface area contributed by atoms with Gasteiger partial charge in [-0.3, -0.25) is 4.40 Å². The summed E-state index contributed by atoms with van der Waals surface area (Å²) in [6.07, 6.45) is 2.16. The SMILES string of the molecule is Cc1cn2c(CNc3cccc(N(C)C)c3)c(C)nc2s1. The van der Waals surface area contributed by atoms with E-state index in [9.17, 15) is 0 Å². The third-order valence-corrected chi connectivity index (χ3v) is 4.46. The van der Waals surface area contributed by atoms with Crippen LogP contribution in [0.5, 0.6) is 0 Å². The standard InChI is InChI=1S/C16H20N4S/c1-11-10-20-15(12(2)18-16(20)21-11)9-17-13-6-5-7-14(8-13)19(3)4/h5-8,10,17H,9H2,1-4H3. The van der Waals surface area contributed by atoms with Gasteiger partial charge in [0.05, 0.1) is 17.9 Å². The van der Waals surface area contributed by atoms with Gasteiger partial charge in [0.2, 0.25) is 0 Å². The molecular weight excluding hydrogens is 280 g/mol. The van der Waals surface area contributed by atoms with Gasteiger partial charge in [-0.25, -0.2) is 4.98 Å². The Morgan fingerprint density at radius 1 is 1.29 bits per heavy atom. The Balaban J connectivity index is 1.83. The van der Waals surface area contributed by atoms with E-state index in [1.54, 1.807) is 11.3 Å². The number of rotatable bonds is 4. The van der Waals surface area contributed by atoms with E-state index in [2.05, 4.69) is 78.0 Å². The van der Waals surface area contributed by atoms with E-state index in [1.165, 1.54) is 16.3 Å². The first kappa shape index (κ1) is 13.9. The topological polar surface area (TPSA) is 32.6 Å². The molecule has 1 N–H and O–H groups in total. The lowest BCUT2D eigenvalue weighted by Crippen LogP contribution is -2.09. The van der Waals surface area contributed by atoms with Crippen LogP contribution in [0.1, 0.15) is 16.3 Å². The fourth-order valence-corrected chi connectivity index (χ4v) is 3.29. The number of imidazole rings is 1. The second-order valence-electron chi connectivity index (χ2n) is 5.44. The van der Waals surface area contributed by atoms with Crippen LogP contribution >= 0.6 is 11.3 Å². The predicted molar refractivity (Wildman–Crippen MR) is 90.6 cm³/mol. The molecule has 3 rings (SSSR count). The van der Waals surface area contributed by atoms with Gasteiger partial charge in [-0.15, -0.1) is 11.3 Å². The summed E-state index contributed by atoms with van der Waals surface area (Å²) in [7, 11) is 4.11. The summed E-state index contributed by atoms with van der Waals surface area (Å²) in [4.78, 5) is 9.09. The fraction of sp³-hybridized carbons (Fsp3) is 0.312. The summed E-state index contributed by atoms with van der Waals surface area (Å²) < 4.78 is 2.19. The van der Waals surface area contributed by atoms with E-state index < -0.39 is 0 Å². The normalized spacial score (nSPS) is 11.0. The summed E-state index contributed by atoms with van der Waals surface area (Å²) in [5.74, 6) is 0. The Morgan fingerprint density at radius 3 is 2.86 bits per heavy atom. The highest BCUT2D eigenvalue weighted by molar-refractivity contribution is 7.17. The van der Waals surface area contributed by atoms with Crippen LogP contribution in [0.25, 0.3) is 4.96 Å². The Morgan fingerprint density at radius 2 is 2.10 bits per heavy atom. The first-order chi connectivity index (χ1) is 10.0. The van der Waals surface area contributed by atoms with Crippen molar-refractivity contribution in [2.75, 3.05) is 24.3 Å². The molecule has 1 aromatic carbocycles. The van der Waals surface area contributed by atoms with Crippen molar-refractivity contribution in [3.05, 3.63) is 46.7 Å². The molecule has 0 radical (unpaired) electrons. The fourth-order valence-electron chi connectivity index (χ4n) is 2.40. The summed E-state index contributed by atoms with van der Waals surface area (Å²) in [5.41, 5.74) is 4.64. The number of hydrogen-bond acceptors (Lipinski definition) is 4. The number of fused-ring (bicyclic) bond motifs is 1. The van der Waals surface area contributed by atoms with Crippen LogP contribution in [0.15, 0.2) is 30.5 Å². The van der Waals surface area contributed by atoms with Crippen molar-refractivity contribution >= 4 is 27.7 Å². The molecule has 0 bridgehead atoms. The predicted octanol–water partition coefficient (Wildman–Crippen LogP) is 3.69. The average Bonchev–Trinajstić information content (AvgIpc) is 2.92. The molecule has 0 unspecified atom stereocenters. The monoisotopic (exact) mass is 300 g/mol. The van der Waals surface area contributed by atoms with Crippen molar-refractivity contribution in [2.45, 2.75) is 20.4 Å². The lowest BCUT2D eigenvalue weighted by molar-refractivity contribution is 0.991. The minimum Gasteiger partial charge on any atom is -0.379 e. The molecule has 3 aromatic rings. The number of hydrogen-bond donors (Lipinski definition) is 1. The van der Waals surface area contributed by atoms with Gasteiger partial charge in [-0.1, -0.05) is 6.07 Å². The van der Waals surface area contributed by atoms with E-state index in [-0.39, 0.29) is 0 Å². The second kappa shape index (κ2) is 5.41. The van der Waals surface area contributed by atoms with Crippen LogP contribution in [0.4, 0.5) is 11.4 Å². The zero-order chi connectivity index (χ0) is 15.0. The Kier molecular flexibility index (Phi) is 3.59. The molecule has 0 amide bonds. The van der Waals surface area contributed by atoms with Gasteiger partial charge in [0.1, 0.15) is 0 Å². The molecule has 0 saturated heterocycles. The quantitative estimate of drug-likeness (QED) is 0.797. The van der Waals surface area contributed by atoms with Gasteiger partial charge in [0, 0.05) is 36.5 Å². The minimum atomic E-state index is 0.778. The highest BCUT2D eigenvalue weighted by Crippen LogP contribution is 2.22. The zero-order valence-electron chi connectivity index (χ0n) is 12.8. The number of thiazole rings is 1. The Labute approximate surface area is 129 Å². The van der Waals surface area contributed by atoms with Gasteiger partial charge >= 0.3 is 0 Å². The summed E-state index contributed by atoms with van der Waals surface area (Å²) in [6.45, 7) is 4.97. The van der Waals surface area contributed by atoms with Crippen molar-refractivity contribution in [1.82, 2.24) is 9.38 Å².